The molecule has 0 radical (unpaired) electrons. The normalized spacial score (nSPS) is 12.0. The molecule has 0 aliphatic carbocycles. The lowest BCUT2D eigenvalue weighted by Gasteiger charge is -2.16. The highest BCUT2D eigenvalue weighted by atomic mass is 16.2. The van der Waals surface area contributed by atoms with E-state index in [9.17, 15) is 9.59 Å². The number of likely N-dealkylation sites (N-methyl/N-ethyl adjacent to an activating group) is 1. The van der Waals surface area contributed by atoms with Gasteiger partial charge in [0.15, 0.2) is 0 Å². The topological polar surface area (TPSA) is 61.4 Å². The van der Waals surface area contributed by atoms with Gasteiger partial charge in [0.25, 0.3) is 0 Å². The molecule has 128 valence electrons. The minimum atomic E-state index is -0.118. The zero-order valence-corrected chi connectivity index (χ0v) is 14.7. The molecule has 0 spiro atoms. The molecule has 0 saturated carbocycles. The van der Waals surface area contributed by atoms with Gasteiger partial charge in [0.2, 0.25) is 11.8 Å². The summed E-state index contributed by atoms with van der Waals surface area (Å²) in [7, 11) is 1.76. The first-order chi connectivity index (χ1) is 11.0. The van der Waals surface area contributed by atoms with Gasteiger partial charge in [0.05, 0.1) is 13.1 Å². The summed E-state index contributed by atoms with van der Waals surface area (Å²) in [5.41, 5.74) is 2.06. The van der Waals surface area contributed by atoms with Crippen LogP contribution in [0.15, 0.2) is 24.3 Å². The van der Waals surface area contributed by atoms with Crippen molar-refractivity contribution in [2.75, 3.05) is 32.0 Å². The van der Waals surface area contributed by atoms with Crippen LogP contribution in [0.4, 0.5) is 5.69 Å². The molecule has 0 aromatic heterocycles. The maximum absolute atomic E-state index is 12.0. The SMILES string of the molecule is CCCNC(=O)CN(C)CC(=O)Nc1ccc([C@H](C)CC)cc1. The molecule has 0 bridgehead atoms. The highest BCUT2D eigenvalue weighted by molar-refractivity contribution is 5.92. The van der Waals surface area contributed by atoms with E-state index in [1.807, 2.05) is 31.2 Å². The average molecular weight is 319 g/mol. The Bertz CT molecular complexity index is 499. The third-order valence-electron chi connectivity index (χ3n) is 3.78. The number of hydrogen-bond acceptors (Lipinski definition) is 3. The van der Waals surface area contributed by atoms with Gasteiger partial charge in [0.1, 0.15) is 0 Å². The fraction of sp³-hybridized carbons (Fsp3) is 0.556. The Morgan fingerprint density at radius 1 is 1.09 bits per heavy atom. The fourth-order valence-corrected chi connectivity index (χ4v) is 2.20. The Hall–Kier alpha value is -1.88. The van der Waals surface area contributed by atoms with Crippen LogP contribution >= 0.6 is 0 Å². The van der Waals surface area contributed by atoms with Crippen molar-refractivity contribution < 1.29 is 9.59 Å². The van der Waals surface area contributed by atoms with E-state index in [0.717, 1.165) is 18.5 Å². The van der Waals surface area contributed by atoms with E-state index < -0.39 is 0 Å². The lowest BCUT2D eigenvalue weighted by molar-refractivity contribution is -0.122. The molecular weight excluding hydrogens is 290 g/mol. The summed E-state index contributed by atoms with van der Waals surface area (Å²) in [5, 5.41) is 5.66. The van der Waals surface area contributed by atoms with Crippen LogP contribution < -0.4 is 10.6 Å². The minimum absolute atomic E-state index is 0.0555. The standard InChI is InChI=1S/C18H29N3O2/c1-5-11-19-17(22)12-21(4)13-18(23)20-16-9-7-15(8-10-16)14(3)6-2/h7-10,14H,5-6,11-13H2,1-4H3,(H,19,22)(H,20,23)/t14-/m1/s1. The molecule has 0 heterocycles. The second-order valence-corrected chi connectivity index (χ2v) is 6.00. The van der Waals surface area contributed by atoms with Gasteiger partial charge in [0, 0.05) is 12.2 Å². The fourth-order valence-electron chi connectivity index (χ4n) is 2.20. The Balaban J connectivity index is 2.42. The van der Waals surface area contributed by atoms with E-state index in [1.54, 1.807) is 11.9 Å². The molecule has 0 saturated heterocycles. The van der Waals surface area contributed by atoms with Crippen LogP contribution in [0, 0.1) is 0 Å². The summed E-state index contributed by atoms with van der Waals surface area (Å²) >= 11 is 0. The monoisotopic (exact) mass is 319 g/mol. The van der Waals surface area contributed by atoms with Gasteiger partial charge in [-0.25, -0.2) is 0 Å². The Morgan fingerprint density at radius 2 is 1.70 bits per heavy atom. The van der Waals surface area contributed by atoms with Crippen LogP contribution in [0.1, 0.15) is 45.1 Å². The van der Waals surface area contributed by atoms with Gasteiger partial charge in [-0.05, 0) is 43.5 Å². The van der Waals surface area contributed by atoms with Crippen molar-refractivity contribution in [1.82, 2.24) is 10.2 Å². The molecule has 0 fully saturated rings. The van der Waals surface area contributed by atoms with E-state index >= 15 is 0 Å². The number of hydrogen-bond donors (Lipinski definition) is 2. The van der Waals surface area contributed by atoms with Crippen molar-refractivity contribution in [3.05, 3.63) is 29.8 Å². The minimum Gasteiger partial charge on any atom is -0.355 e. The molecule has 1 rings (SSSR count). The number of amides is 2. The van der Waals surface area contributed by atoms with E-state index in [4.69, 9.17) is 0 Å². The van der Waals surface area contributed by atoms with E-state index in [-0.39, 0.29) is 24.9 Å². The number of nitrogens with zero attached hydrogens (tertiary/aromatic N) is 1. The number of rotatable bonds is 9. The highest BCUT2D eigenvalue weighted by Gasteiger charge is 2.11. The van der Waals surface area contributed by atoms with E-state index in [0.29, 0.717) is 12.5 Å². The van der Waals surface area contributed by atoms with Crippen molar-refractivity contribution in [3.63, 3.8) is 0 Å². The van der Waals surface area contributed by atoms with E-state index in [1.165, 1.54) is 5.56 Å². The lowest BCUT2D eigenvalue weighted by atomic mass is 9.99. The quantitative estimate of drug-likeness (QED) is 0.735. The summed E-state index contributed by atoms with van der Waals surface area (Å²) in [6, 6.07) is 7.94. The van der Waals surface area contributed by atoms with Gasteiger partial charge in [-0.15, -0.1) is 0 Å². The van der Waals surface area contributed by atoms with Crippen LogP contribution in [0.3, 0.4) is 0 Å². The largest absolute Gasteiger partial charge is 0.355 e. The molecule has 5 nitrogen and oxygen atoms in total. The number of carbonyl (C=O) groups is 2. The predicted molar refractivity (Wildman–Crippen MR) is 94.6 cm³/mol. The van der Waals surface area contributed by atoms with Crippen molar-refractivity contribution in [2.45, 2.75) is 39.5 Å². The Morgan fingerprint density at radius 3 is 2.26 bits per heavy atom. The zero-order valence-electron chi connectivity index (χ0n) is 14.7. The Kier molecular flexibility index (Phi) is 8.33. The maximum Gasteiger partial charge on any atom is 0.238 e. The van der Waals surface area contributed by atoms with Crippen LogP contribution in [0.2, 0.25) is 0 Å². The van der Waals surface area contributed by atoms with Gasteiger partial charge >= 0.3 is 0 Å². The van der Waals surface area contributed by atoms with Crippen LogP contribution in [0.5, 0.6) is 0 Å². The van der Waals surface area contributed by atoms with Crippen molar-refractivity contribution in [3.8, 4) is 0 Å². The van der Waals surface area contributed by atoms with Gasteiger partial charge in [-0.2, -0.15) is 0 Å². The molecular formula is C18H29N3O2. The molecule has 1 atom stereocenters. The molecule has 2 amide bonds. The summed E-state index contributed by atoms with van der Waals surface area (Å²) in [6.45, 7) is 7.43. The number of benzene rings is 1. The first-order valence-corrected chi connectivity index (χ1v) is 8.31. The predicted octanol–water partition coefficient (Wildman–Crippen LogP) is 2.60. The maximum atomic E-state index is 12.0. The number of carbonyl (C=O) groups excluding carboxylic acids is 2. The molecule has 5 heteroatoms. The third kappa shape index (κ3) is 7.28. The summed E-state index contributed by atoms with van der Waals surface area (Å²) in [6.07, 6.45) is 2.00. The summed E-state index contributed by atoms with van der Waals surface area (Å²) < 4.78 is 0. The zero-order chi connectivity index (χ0) is 17.2. The first kappa shape index (κ1) is 19.2. The number of nitrogens with one attached hydrogen (secondary N) is 2. The second kappa shape index (κ2) is 10.0. The van der Waals surface area contributed by atoms with Crippen LogP contribution in [-0.2, 0) is 9.59 Å². The molecule has 2 N–H and O–H groups in total. The lowest BCUT2D eigenvalue weighted by Crippen LogP contribution is -2.39. The number of anilines is 1. The molecule has 1 aromatic carbocycles. The third-order valence-corrected chi connectivity index (χ3v) is 3.78. The van der Waals surface area contributed by atoms with Gasteiger partial charge in [-0.3, -0.25) is 14.5 Å². The molecule has 0 aliphatic rings. The van der Waals surface area contributed by atoms with Gasteiger partial charge < -0.3 is 10.6 Å². The Labute approximate surface area is 139 Å². The van der Waals surface area contributed by atoms with Crippen molar-refractivity contribution in [1.29, 1.82) is 0 Å². The van der Waals surface area contributed by atoms with Crippen LogP contribution in [-0.4, -0.2) is 43.4 Å². The van der Waals surface area contributed by atoms with Crippen LogP contribution in [0.25, 0.3) is 0 Å². The van der Waals surface area contributed by atoms with Crippen molar-refractivity contribution in [2.24, 2.45) is 0 Å². The summed E-state index contributed by atoms with van der Waals surface area (Å²) in [4.78, 5) is 25.3. The molecule has 23 heavy (non-hydrogen) atoms. The molecule has 0 aliphatic heterocycles. The smallest absolute Gasteiger partial charge is 0.238 e. The molecule has 1 aromatic rings. The van der Waals surface area contributed by atoms with Gasteiger partial charge in [-0.1, -0.05) is 32.9 Å². The molecule has 0 unspecified atom stereocenters. The first-order valence-electron chi connectivity index (χ1n) is 8.31. The summed E-state index contributed by atoms with van der Waals surface area (Å²) in [5.74, 6) is 0.347. The second-order valence-electron chi connectivity index (χ2n) is 6.00. The highest BCUT2D eigenvalue weighted by Crippen LogP contribution is 2.20. The van der Waals surface area contributed by atoms with E-state index in [2.05, 4.69) is 24.5 Å². The average Bonchev–Trinajstić information content (AvgIpc) is 2.52. The van der Waals surface area contributed by atoms with Crippen molar-refractivity contribution >= 4 is 17.5 Å².